The normalized spacial score (nSPS) is 11.3. The fraction of sp³-hybridized carbons (Fsp3) is 0.0455. The smallest absolute Gasteiger partial charge is 0.283 e. The van der Waals surface area contributed by atoms with Crippen LogP contribution in [0.15, 0.2) is 80.1 Å². The fourth-order valence-electron chi connectivity index (χ4n) is 2.83. The van der Waals surface area contributed by atoms with Crippen molar-refractivity contribution >= 4 is 51.0 Å². The van der Waals surface area contributed by atoms with Crippen molar-refractivity contribution in [1.82, 2.24) is 10.3 Å². The van der Waals surface area contributed by atoms with E-state index in [9.17, 15) is 20.2 Å². The number of nitro benzene ring substituents is 1. The molecule has 8 nitrogen and oxygen atoms in total. The summed E-state index contributed by atoms with van der Waals surface area (Å²) < 4.78 is 6.82. The van der Waals surface area contributed by atoms with Gasteiger partial charge in [0.15, 0.2) is 4.34 Å². The van der Waals surface area contributed by atoms with Gasteiger partial charge in [-0.25, -0.2) is 4.98 Å². The molecule has 10 heteroatoms. The Morgan fingerprint density at radius 1 is 1.28 bits per heavy atom. The lowest BCUT2D eigenvalue weighted by Crippen LogP contribution is -2.23. The first-order chi connectivity index (χ1) is 15.5. The highest BCUT2D eigenvalue weighted by atomic mass is 32.2. The number of carbonyl (C=O) groups is 1. The number of nitrogens with one attached hydrogen (secondary N) is 1. The molecule has 0 spiro atoms. The lowest BCUT2D eigenvalue weighted by molar-refractivity contribution is -0.387. The van der Waals surface area contributed by atoms with E-state index < -0.39 is 10.8 Å². The van der Waals surface area contributed by atoms with E-state index in [0.717, 1.165) is 10.2 Å². The zero-order valence-electron chi connectivity index (χ0n) is 16.3. The van der Waals surface area contributed by atoms with Crippen molar-refractivity contribution in [2.24, 2.45) is 0 Å². The molecule has 0 fully saturated rings. The predicted octanol–water partition coefficient (Wildman–Crippen LogP) is 5.17. The molecule has 2 aromatic carbocycles. The summed E-state index contributed by atoms with van der Waals surface area (Å²) in [5.41, 5.74) is 0.908. The van der Waals surface area contributed by atoms with Crippen LogP contribution in [-0.4, -0.2) is 15.8 Å². The molecular weight excluding hydrogens is 448 g/mol. The molecule has 0 saturated carbocycles. The minimum atomic E-state index is -0.598. The number of carbonyl (C=O) groups excluding carboxylic acids is 1. The van der Waals surface area contributed by atoms with Crippen molar-refractivity contribution in [2.75, 3.05) is 0 Å². The topological polar surface area (TPSA) is 122 Å². The van der Waals surface area contributed by atoms with Crippen LogP contribution in [0.5, 0.6) is 0 Å². The van der Waals surface area contributed by atoms with Gasteiger partial charge in [-0.2, -0.15) is 5.26 Å². The molecule has 32 heavy (non-hydrogen) atoms. The molecule has 4 rings (SSSR count). The van der Waals surface area contributed by atoms with Gasteiger partial charge in [0.25, 0.3) is 11.6 Å². The molecule has 0 saturated heterocycles. The first-order valence-corrected chi connectivity index (χ1v) is 10.9. The predicted molar refractivity (Wildman–Crippen MR) is 121 cm³/mol. The number of fused-ring (bicyclic) bond motifs is 1. The molecule has 0 aliphatic rings. The number of nitro groups is 1. The van der Waals surface area contributed by atoms with Crippen molar-refractivity contribution in [3.63, 3.8) is 0 Å². The average molecular weight is 463 g/mol. The van der Waals surface area contributed by atoms with Gasteiger partial charge in [0.05, 0.1) is 32.8 Å². The van der Waals surface area contributed by atoms with Gasteiger partial charge >= 0.3 is 0 Å². The van der Waals surface area contributed by atoms with E-state index in [1.54, 1.807) is 24.3 Å². The molecule has 0 aliphatic heterocycles. The number of furan rings is 1. The Hall–Kier alpha value is -3.94. The largest absolute Gasteiger partial charge is 0.467 e. The number of hydrogen-bond donors (Lipinski definition) is 1. The van der Waals surface area contributed by atoms with Crippen LogP contribution in [0.4, 0.5) is 5.69 Å². The maximum atomic E-state index is 12.3. The van der Waals surface area contributed by atoms with Crippen molar-refractivity contribution in [3.05, 3.63) is 87.9 Å². The summed E-state index contributed by atoms with van der Waals surface area (Å²) in [6.45, 7) is 0.128. The summed E-state index contributed by atoms with van der Waals surface area (Å²) in [7, 11) is 0. The quantitative estimate of drug-likeness (QED) is 0.174. The van der Waals surface area contributed by atoms with E-state index in [0.29, 0.717) is 20.6 Å². The van der Waals surface area contributed by atoms with Crippen LogP contribution in [0.2, 0.25) is 0 Å². The summed E-state index contributed by atoms with van der Waals surface area (Å²) in [6.07, 6.45) is 2.80. The van der Waals surface area contributed by atoms with E-state index in [4.69, 9.17) is 4.42 Å². The third kappa shape index (κ3) is 4.85. The molecule has 0 aliphatic carbocycles. The first-order valence-electron chi connectivity index (χ1n) is 9.28. The van der Waals surface area contributed by atoms with Crippen LogP contribution in [0.25, 0.3) is 16.3 Å². The molecule has 2 heterocycles. The van der Waals surface area contributed by atoms with Gasteiger partial charge in [-0.3, -0.25) is 14.9 Å². The number of amides is 1. The first kappa shape index (κ1) is 21.3. The third-order valence-corrected chi connectivity index (χ3v) is 6.49. The van der Waals surface area contributed by atoms with Gasteiger partial charge < -0.3 is 9.73 Å². The Bertz CT molecular complexity index is 1340. The second kappa shape index (κ2) is 9.47. The second-order valence-corrected chi connectivity index (χ2v) is 8.79. The molecule has 4 aromatic rings. The number of para-hydroxylation sites is 1. The summed E-state index contributed by atoms with van der Waals surface area (Å²) in [5.74, 6) is -0.0537. The number of rotatable bonds is 7. The summed E-state index contributed by atoms with van der Waals surface area (Å²) >= 11 is 2.66. The molecule has 0 radical (unpaired) electrons. The van der Waals surface area contributed by atoms with E-state index in [1.165, 1.54) is 41.5 Å². The molecule has 1 N–H and O–H groups in total. The number of aromatic nitrogens is 1. The molecule has 0 unspecified atom stereocenters. The Morgan fingerprint density at radius 3 is 2.84 bits per heavy atom. The zero-order chi connectivity index (χ0) is 22.5. The second-order valence-electron chi connectivity index (χ2n) is 6.47. The molecule has 0 bridgehead atoms. The summed E-state index contributed by atoms with van der Waals surface area (Å²) in [6, 6.07) is 17.4. The molecular formula is C22H14N4O4S2. The van der Waals surface area contributed by atoms with Gasteiger partial charge in [0.1, 0.15) is 17.4 Å². The third-order valence-electron chi connectivity index (χ3n) is 4.33. The highest BCUT2D eigenvalue weighted by Gasteiger charge is 2.18. The van der Waals surface area contributed by atoms with Crippen LogP contribution in [0, 0.1) is 21.4 Å². The van der Waals surface area contributed by atoms with Gasteiger partial charge in [0.2, 0.25) is 0 Å². The summed E-state index contributed by atoms with van der Waals surface area (Å²) in [4.78, 5) is 28.4. The lowest BCUT2D eigenvalue weighted by atomic mass is 10.1. The van der Waals surface area contributed by atoms with E-state index in [2.05, 4.69) is 10.3 Å². The Balaban J connectivity index is 1.56. The monoisotopic (exact) mass is 462 g/mol. The lowest BCUT2D eigenvalue weighted by Gasteiger charge is -2.04. The van der Waals surface area contributed by atoms with Crippen LogP contribution in [0.1, 0.15) is 11.3 Å². The number of thiazole rings is 1. The van der Waals surface area contributed by atoms with Crippen molar-refractivity contribution in [3.8, 4) is 6.07 Å². The Morgan fingerprint density at radius 2 is 2.12 bits per heavy atom. The highest BCUT2D eigenvalue weighted by Crippen LogP contribution is 2.39. The Labute approximate surface area is 190 Å². The number of nitriles is 1. The van der Waals surface area contributed by atoms with Crippen molar-refractivity contribution in [1.29, 1.82) is 5.26 Å². The van der Waals surface area contributed by atoms with Gasteiger partial charge in [-0.05, 0) is 42.0 Å². The van der Waals surface area contributed by atoms with Crippen LogP contribution in [-0.2, 0) is 11.3 Å². The SMILES string of the molecule is N#C/C(=C\c1ccc(Sc2nc3ccccc3s2)c([N+](=O)[O-])c1)C(=O)NCc1ccco1. The van der Waals surface area contributed by atoms with Gasteiger partial charge in [-0.15, -0.1) is 11.3 Å². The number of benzene rings is 2. The van der Waals surface area contributed by atoms with Crippen LogP contribution in [0.3, 0.4) is 0 Å². The summed E-state index contributed by atoms with van der Waals surface area (Å²) in [5, 5.41) is 23.6. The van der Waals surface area contributed by atoms with E-state index >= 15 is 0 Å². The van der Waals surface area contributed by atoms with Crippen LogP contribution < -0.4 is 5.32 Å². The average Bonchev–Trinajstić information content (AvgIpc) is 3.45. The maximum Gasteiger partial charge on any atom is 0.283 e. The Kier molecular flexibility index (Phi) is 6.30. The van der Waals surface area contributed by atoms with E-state index in [1.807, 2.05) is 30.3 Å². The molecule has 2 aromatic heterocycles. The van der Waals surface area contributed by atoms with Gasteiger partial charge in [0, 0.05) is 6.07 Å². The van der Waals surface area contributed by atoms with Crippen molar-refractivity contribution < 1.29 is 14.1 Å². The molecule has 1 amide bonds. The maximum absolute atomic E-state index is 12.3. The minimum absolute atomic E-state index is 0.128. The van der Waals surface area contributed by atoms with Crippen LogP contribution >= 0.6 is 23.1 Å². The standard InChI is InChI=1S/C22H14N4O4S2/c23-12-15(21(27)24-13-16-4-3-9-30-16)10-14-7-8-20(18(11-14)26(28)29)32-22-25-17-5-1-2-6-19(17)31-22/h1-11H,13H2,(H,24,27)/b15-10+. The highest BCUT2D eigenvalue weighted by molar-refractivity contribution is 8.01. The zero-order valence-corrected chi connectivity index (χ0v) is 18.0. The fourth-order valence-corrected chi connectivity index (χ4v) is 4.94. The van der Waals surface area contributed by atoms with Crippen molar-refractivity contribution in [2.45, 2.75) is 15.8 Å². The van der Waals surface area contributed by atoms with E-state index in [-0.39, 0.29) is 17.8 Å². The number of nitrogens with zero attached hydrogens (tertiary/aromatic N) is 3. The number of hydrogen-bond acceptors (Lipinski definition) is 8. The van der Waals surface area contributed by atoms with Gasteiger partial charge in [-0.1, -0.05) is 30.0 Å². The minimum Gasteiger partial charge on any atom is -0.467 e. The molecule has 0 atom stereocenters. The molecule has 158 valence electrons.